The maximum absolute atomic E-state index is 14.8. The first kappa shape index (κ1) is 18.7. The maximum Gasteiger partial charge on any atom is 0.229 e. The van der Waals surface area contributed by atoms with Crippen molar-refractivity contribution in [3.63, 3.8) is 0 Å². The monoisotopic (exact) mass is 408 g/mol. The number of rotatable bonds is 4. The number of sulfone groups is 1. The fraction of sp³-hybridized carbons (Fsp3) is 0.375. The minimum absolute atomic E-state index is 0.0540. The quantitative estimate of drug-likeness (QED) is 0.719. The summed E-state index contributed by atoms with van der Waals surface area (Å²) in [6.07, 6.45) is -0.667. The fourth-order valence-electron chi connectivity index (χ4n) is 3.18. The number of hydrogen-bond acceptors (Lipinski definition) is 5. The summed E-state index contributed by atoms with van der Waals surface area (Å²) in [6.45, 7) is 0. The molecule has 9 heteroatoms. The highest BCUT2D eigenvalue weighted by atomic mass is 35.5. The molecular formula is C16H15ClF2O4S2. The van der Waals surface area contributed by atoms with Gasteiger partial charge in [0.25, 0.3) is 0 Å². The second-order valence-electron chi connectivity index (χ2n) is 5.75. The van der Waals surface area contributed by atoms with Crippen molar-refractivity contribution in [2.45, 2.75) is 22.6 Å². The van der Waals surface area contributed by atoms with Crippen molar-refractivity contribution in [2.24, 2.45) is 0 Å². The average Bonchev–Trinajstić information content (AvgIpc) is 3.00. The summed E-state index contributed by atoms with van der Waals surface area (Å²) in [6, 6.07) is 3.88. The van der Waals surface area contributed by atoms with Gasteiger partial charge in [-0.1, -0.05) is 11.6 Å². The van der Waals surface area contributed by atoms with Gasteiger partial charge in [0, 0.05) is 42.4 Å². The second kappa shape index (κ2) is 6.28. The molecule has 1 heterocycles. The van der Waals surface area contributed by atoms with E-state index in [0.29, 0.717) is 16.0 Å². The first-order valence-electron chi connectivity index (χ1n) is 7.21. The van der Waals surface area contributed by atoms with Crippen LogP contribution in [-0.2, 0) is 31.5 Å². The summed E-state index contributed by atoms with van der Waals surface area (Å²) in [5, 5.41) is 0.164. The van der Waals surface area contributed by atoms with Crippen molar-refractivity contribution in [2.75, 3.05) is 20.5 Å². The van der Waals surface area contributed by atoms with E-state index in [0.717, 1.165) is 23.7 Å². The Kier molecular flexibility index (Phi) is 4.70. The zero-order valence-corrected chi connectivity index (χ0v) is 16.0. The van der Waals surface area contributed by atoms with E-state index in [1.54, 1.807) is 0 Å². The molecule has 0 saturated heterocycles. The number of thiophene rings is 1. The summed E-state index contributed by atoms with van der Waals surface area (Å²) in [7, 11) is -1.17. The normalized spacial score (nSPS) is 19.2. The van der Waals surface area contributed by atoms with E-state index in [1.165, 1.54) is 26.4 Å². The van der Waals surface area contributed by atoms with Gasteiger partial charge < -0.3 is 9.47 Å². The summed E-state index contributed by atoms with van der Waals surface area (Å²) >= 11 is 6.84. The Hall–Kier alpha value is -1.06. The molecule has 1 aromatic carbocycles. The Bertz CT molecular complexity index is 916. The van der Waals surface area contributed by atoms with Crippen molar-refractivity contribution >= 4 is 32.8 Å². The molecule has 1 unspecified atom stereocenters. The lowest BCUT2D eigenvalue weighted by Gasteiger charge is -2.29. The molecule has 1 aromatic heterocycles. The van der Waals surface area contributed by atoms with E-state index >= 15 is 0 Å². The molecule has 0 amide bonds. The van der Waals surface area contributed by atoms with Crippen LogP contribution >= 0.6 is 22.9 Å². The lowest BCUT2D eigenvalue weighted by atomic mass is 10.1. The molecule has 1 aliphatic rings. The molecule has 0 spiro atoms. The number of ether oxygens (including phenoxy) is 2. The van der Waals surface area contributed by atoms with Crippen LogP contribution in [0.2, 0.25) is 5.02 Å². The number of halogens is 3. The van der Waals surface area contributed by atoms with Crippen LogP contribution in [0.4, 0.5) is 8.78 Å². The van der Waals surface area contributed by atoms with Crippen molar-refractivity contribution in [1.82, 2.24) is 0 Å². The van der Waals surface area contributed by atoms with E-state index in [9.17, 15) is 17.2 Å². The smallest absolute Gasteiger partial charge is 0.229 e. The van der Waals surface area contributed by atoms with Gasteiger partial charge in [-0.15, -0.1) is 11.3 Å². The van der Waals surface area contributed by atoms with Crippen LogP contribution in [0, 0.1) is 5.82 Å². The molecule has 0 N–H and O–H groups in total. The molecule has 1 atom stereocenters. The van der Waals surface area contributed by atoms with Crippen molar-refractivity contribution < 1.29 is 26.7 Å². The lowest BCUT2D eigenvalue weighted by Crippen LogP contribution is -2.38. The molecule has 136 valence electrons. The maximum atomic E-state index is 14.8. The minimum atomic E-state index is -3.69. The Balaban J connectivity index is 2.36. The topological polar surface area (TPSA) is 52.6 Å². The summed E-state index contributed by atoms with van der Waals surface area (Å²) in [5.74, 6) is -2.37. The van der Waals surface area contributed by atoms with Crippen molar-refractivity contribution in [3.05, 3.63) is 40.2 Å². The third-order valence-electron chi connectivity index (χ3n) is 4.19. The van der Waals surface area contributed by atoms with Crippen molar-refractivity contribution in [1.29, 1.82) is 0 Å². The van der Waals surface area contributed by atoms with Gasteiger partial charge in [-0.3, -0.25) is 0 Å². The minimum Gasteiger partial charge on any atom is -0.347 e. The van der Waals surface area contributed by atoms with Gasteiger partial charge in [-0.2, -0.15) is 0 Å². The third-order valence-corrected chi connectivity index (χ3v) is 7.52. The first-order chi connectivity index (χ1) is 11.6. The highest BCUT2D eigenvalue weighted by Crippen LogP contribution is 2.53. The number of fused-ring (bicyclic) bond motifs is 1. The standard InChI is InChI=1S/C16H15ClF2O4S2/c1-22-16(23-2)12(19)7-11-13(16)15(25(3,20)21)24-14(11)8-4-9(17)6-10(18)5-8/h4-6,12H,7H2,1-3H3. The van der Waals surface area contributed by atoms with Crippen LogP contribution in [0.15, 0.2) is 22.4 Å². The Labute approximate surface area is 153 Å². The molecule has 0 radical (unpaired) electrons. The Morgan fingerprint density at radius 1 is 1.28 bits per heavy atom. The molecule has 4 nitrogen and oxygen atoms in total. The van der Waals surface area contributed by atoms with Crippen LogP contribution in [0.25, 0.3) is 10.4 Å². The van der Waals surface area contributed by atoms with Gasteiger partial charge in [0.15, 0.2) is 16.0 Å². The second-order valence-corrected chi connectivity index (χ2v) is 9.42. The molecular weight excluding hydrogens is 394 g/mol. The number of hydrogen-bond donors (Lipinski definition) is 0. The van der Waals surface area contributed by atoms with Gasteiger partial charge >= 0.3 is 0 Å². The number of alkyl halides is 1. The Morgan fingerprint density at radius 3 is 2.44 bits per heavy atom. The largest absolute Gasteiger partial charge is 0.347 e. The molecule has 0 bridgehead atoms. The predicted octanol–water partition coefficient (Wildman–Crippen LogP) is 3.95. The molecule has 3 rings (SSSR count). The summed E-state index contributed by atoms with van der Waals surface area (Å²) < 4.78 is 63.5. The molecule has 1 aliphatic carbocycles. The third kappa shape index (κ3) is 2.90. The molecule has 0 saturated carbocycles. The van der Waals surface area contributed by atoms with Crippen LogP contribution in [0.5, 0.6) is 0 Å². The number of methoxy groups -OCH3 is 2. The van der Waals surface area contributed by atoms with E-state index in [-0.39, 0.29) is 21.2 Å². The molecule has 0 aliphatic heterocycles. The Morgan fingerprint density at radius 2 is 1.92 bits per heavy atom. The van der Waals surface area contributed by atoms with Gasteiger partial charge in [0.2, 0.25) is 5.79 Å². The summed E-state index contributed by atoms with van der Waals surface area (Å²) in [5.41, 5.74) is 0.965. The van der Waals surface area contributed by atoms with Crippen molar-refractivity contribution in [3.8, 4) is 10.4 Å². The zero-order valence-electron chi connectivity index (χ0n) is 13.6. The number of benzene rings is 1. The highest BCUT2D eigenvalue weighted by Gasteiger charge is 2.54. The zero-order chi connectivity index (χ0) is 18.6. The van der Waals surface area contributed by atoms with Crippen LogP contribution in [0.3, 0.4) is 0 Å². The average molecular weight is 409 g/mol. The fourth-order valence-corrected chi connectivity index (χ4v) is 5.99. The first-order valence-corrected chi connectivity index (χ1v) is 10.3. The van der Waals surface area contributed by atoms with E-state index < -0.39 is 27.6 Å². The van der Waals surface area contributed by atoms with Crippen LogP contribution < -0.4 is 0 Å². The highest BCUT2D eigenvalue weighted by molar-refractivity contribution is 7.92. The van der Waals surface area contributed by atoms with Crippen LogP contribution in [0.1, 0.15) is 11.1 Å². The summed E-state index contributed by atoms with van der Waals surface area (Å²) in [4.78, 5) is 0.440. The van der Waals surface area contributed by atoms with Gasteiger partial charge in [0.1, 0.15) is 10.0 Å². The van der Waals surface area contributed by atoms with Gasteiger partial charge in [0.05, 0.1) is 0 Å². The lowest BCUT2D eigenvalue weighted by molar-refractivity contribution is -0.246. The van der Waals surface area contributed by atoms with Crippen LogP contribution in [-0.4, -0.2) is 35.1 Å². The molecule has 2 aromatic rings. The van der Waals surface area contributed by atoms with E-state index in [4.69, 9.17) is 21.1 Å². The predicted molar refractivity (Wildman–Crippen MR) is 92.1 cm³/mol. The molecule has 25 heavy (non-hydrogen) atoms. The van der Waals surface area contributed by atoms with E-state index in [2.05, 4.69) is 0 Å². The SMILES string of the molecule is COC1(OC)c2c(S(C)(=O)=O)sc(-c3cc(F)cc(Cl)c3)c2CC1F. The molecule has 0 fully saturated rings. The van der Waals surface area contributed by atoms with Gasteiger partial charge in [-0.05, 0) is 29.3 Å². The van der Waals surface area contributed by atoms with E-state index in [1.807, 2.05) is 0 Å². The van der Waals surface area contributed by atoms with Gasteiger partial charge in [-0.25, -0.2) is 17.2 Å².